The molecule has 0 saturated carbocycles. The number of carbonyl (C=O) groups excluding carboxylic acids is 1. The van der Waals surface area contributed by atoms with Crippen molar-refractivity contribution in [1.82, 2.24) is 24.8 Å². The van der Waals surface area contributed by atoms with Gasteiger partial charge in [-0.05, 0) is 31.2 Å². The van der Waals surface area contributed by atoms with Crippen molar-refractivity contribution in [3.63, 3.8) is 0 Å². The Kier molecular flexibility index (Phi) is 5.71. The fourth-order valence-corrected chi connectivity index (χ4v) is 4.26. The summed E-state index contributed by atoms with van der Waals surface area (Å²) in [6.45, 7) is 5.34. The summed E-state index contributed by atoms with van der Waals surface area (Å²) in [4.78, 5) is 31.1. The molecule has 1 saturated heterocycles. The molecule has 2 aromatic carbocycles. The van der Waals surface area contributed by atoms with Crippen LogP contribution in [0.5, 0.6) is 0 Å². The molecule has 5 rings (SSSR count). The highest BCUT2D eigenvalue weighted by atomic mass is 16.2. The number of para-hydroxylation sites is 1. The third kappa shape index (κ3) is 4.40. The summed E-state index contributed by atoms with van der Waals surface area (Å²) < 4.78 is 0. The number of anilines is 1. The minimum atomic E-state index is 0.0328. The number of piperazine rings is 1. The monoisotopic (exact) mass is 438 g/mol. The number of rotatable bonds is 4. The lowest BCUT2D eigenvalue weighted by molar-refractivity contribution is 0.0624. The fraction of sp³-hybridized carbons (Fsp3) is 0.231. The lowest BCUT2D eigenvalue weighted by atomic mass is 10.1. The van der Waals surface area contributed by atoms with Crippen molar-refractivity contribution in [2.45, 2.75) is 13.5 Å². The minimum absolute atomic E-state index is 0.0328. The van der Waals surface area contributed by atoms with Crippen LogP contribution in [-0.2, 0) is 6.54 Å². The predicted molar refractivity (Wildman–Crippen MR) is 130 cm³/mol. The lowest BCUT2D eigenvalue weighted by Gasteiger charge is -2.34. The van der Waals surface area contributed by atoms with E-state index in [-0.39, 0.29) is 5.91 Å². The number of hydrogen-bond acceptors (Lipinski definition) is 6. The van der Waals surface area contributed by atoms with Crippen LogP contribution in [0.15, 0.2) is 66.7 Å². The Hall–Kier alpha value is -3.84. The highest BCUT2D eigenvalue weighted by Crippen LogP contribution is 2.21. The average molecular weight is 439 g/mol. The van der Waals surface area contributed by atoms with Crippen LogP contribution < -0.4 is 5.73 Å². The number of aryl methyl sites for hydroxylation is 1. The lowest BCUT2D eigenvalue weighted by Crippen LogP contribution is -2.48. The summed E-state index contributed by atoms with van der Waals surface area (Å²) >= 11 is 0. The Labute approximate surface area is 192 Å². The maximum Gasteiger partial charge on any atom is 0.255 e. The van der Waals surface area contributed by atoms with Gasteiger partial charge in [0.2, 0.25) is 0 Å². The van der Waals surface area contributed by atoms with Crippen LogP contribution in [0.2, 0.25) is 0 Å². The zero-order valence-corrected chi connectivity index (χ0v) is 18.6. The summed E-state index contributed by atoms with van der Waals surface area (Å²) in [5.74, 6) is 1.25. The van der Waals surface area contributed by atoms with Gasteiger partial charge in [0.15, 0.2) is 0 Å². The van der Waals surface area contributed by atoms with Crippen molar-refractivity contribution in [3.05, 3.63) is 83.8 Å². The largest absolute Gasteiger partial charge is 0.383 e. The van der Waals surface area contributed by atoms with Crippen molar-refractivity contribution in [3.8, 4) is 11.3 Å². The molecule has 33 heavy (non-hydrogen) atoms. The molecular formula is C26H26N6O. The summed E-state index contributed by atoms with van der Waals surface area (Å²) in [7, 11) is 0. The number of fused-ring (bicyclic) bond motifs is 1. The first-order valence-electron chi connectivity index (χ1n) is 11.1. The van der Waals surface area contributed by atoms with Gasteiger partial charge < -0.3 is 10.6 Å². The van der Waals surface area contributed by atoms with Crippen LogP contribution in [0.1, 0.15) is 21.9 Å². The predicted octanol–water partition coefficient (Wildman–Crippen LogP) is 3.54. The van der Waals surface area contributed by atoms with Crippen molar-refractivity contribution in [2.24, 2.45) is 0 Å². The number of carbonyl (C=O) groups is 1. The Morgan fingerprint density at radius 3 is 2.36 bits per heavy atom. The number of aromatic nitrogens is 3. The van der Waals surface area contributed by atoms with E-state index >= 15 is 0 Å². The van der Waals surface area contributed by atoms with E-state index in [9.17, 15) is 4.79 Å². The Morgan fingerprint density at radius 1 is 0.879 bits per heavy atom. The fourth-order valence-electron chi connectivity index (χ4n) is 4.26. The molecule has 1 aliphatic heterocycles. The molecule has 3 heterocycles. The first-order chi connectivity index (χ1) is 16.1. The number of nitrogens with zero attached hydrogens (tertiary/aromatic N) is 5. The van der Waals surface area contributed by atoms with Gasteiger partial charge in [0.25, 0.3) is 5.91 Å². The van der Waals surface area contributed by atoms with Gasteiger partial charge >= 0.3 is 0 Å². The van der Waals surface area contributed by atoms with Crippen molar-refractivity contribution < 1.29 is 4.79 Å². The second-order valence-electron chi connectivity index (χ2n) is 8.31. The molecule has 166 valence electrons. The van der Waals surface area contributed by atoms with E-state index in [0.29, 0.717) is 36.8 Å². The molecule has 0 bridgehead atoms. The molecule has 0 unspecified atom stereocenters. The first-order valence-corrected chi connectivity index (χ1v) is 11.1. The molecule has 2 N–H and O–H groups in total. The van der Waals surface area contributed by atoms with Crippen LogP contribution >= 0.6 is 0 Å². The van der Waals surface area contributed by atoms with Gasteiger partial charge in [0.05, 0.1) is 29.0 Å². The van der Waals surface area contributed by atoms with E-state index in [4.69, 9.17) is 5.73 Å². The molecule has 2 aromatic heterocycles. The third-order valence-electron chi connectivity index (χ3n) is 6.09. The van der Waals surface area contributed by atoms with Gasteiger partial charge in [-0.15, -0.1) is 0 Å². The number of amides is 1. The third-order valence-corrected chi connectivity index (χ3v) is 6.09. The molecule has 1 aliphatic rings. The standard InChI is InChI=1S/C26H26N6O/c1-18-20(11-12-22(28-18)19-7-3-2-4-8-19)26(33)32-15-13-31(14-16-32)17-24-29-23-10-6-5-9-21(23)25(27)30-24/h2-12H,13-17H2,1H3,(H2,27,29,30). The molecule has 0 radical (unpaired) electrons. The molecule has 0 atom stereocenters. The van der Waals surface area contributed by atoms with Crippen LogP contribution in [0, 0.1) is 6.92 Å². The number of hydrogen-bond donors (Lipinski definition) is 1. The molecule has 4 aromatic rings. The van der Waals surface area contributed by atoms with E-state index in [1.54, 1.807) is 0 Å². The molecular weight excluding hydrogens is 412 g/mol. The van der Waals surface area contributed by atoms with E-state index < -0.39 is 0 Å². The second-order valence-corrected chi connectivity index (χ2v) is 8.31. The molecule has 0 spiro atoms. The maximum absolute atomic E-state index is 13.2. The van der Waals surface area contributed by atoms with Crippen LogP contribution in [0.25, 0.3) is 22.2 Å². The average Bonchev–Trinajstić information content (AvgIpc) is 2.85. The molecule has 1 fully saturated rings. The number of benzene rings is 2. The van der Waals surface area contributed by atoms with Gasteiger partial charge in [-0.25, -0.2) is 9.97 Å². The highest BCUT2D eigenvalue weighted by molar-refractivity contribution is 5.95. The first kappa shape index (κ1) is 21.0. The maximum atomic E-state index is 13.2. The van der Waals surface area contributed by atoms with E-state index in [1.165, 1.54) is 0 Å². The Balaban J connectivity index is 1.23. The molecule has 0 aliphatic carbocycles. The van der Waals surface area contributed by atoms with Crippen LogP contribution in [-0.4, -0.2) is 56.8 Å². The van der Waals surface area contributed by atoms with Gasteiger partial charge in [0, 0.05) is 37.1 Å². The normalized spacial score (nSPS) is 14.5. The summed E-state index contributed by atoms with van der Waals surface area (Å²) in [5, 5.41) is 0.874. The van der Waals surface area contributed by atoms with E-state index in [1.807, 2.05) is 78.6 Å². The number of nitrogens with two attached hydrogens (primary N) is 1. The number of nitrogen functional groups attached to an aromatic ring is 1. The zero-order chi connectivity index (χ0) is 22.8. The summed E-state index contributed by atoms with van der Waals surface area (Å²) in [5.41, 5.74) is 10.3. The minimum Gasteiger partial charge on any atom is -0.383 e. The van der Waals surface area contributed by atoms with Gasteiger partial charge in [0.1, 0.15) is 11.6 Å². The highest BCUT2D eigenvalue weighted by Gasteiger charge is 2.24. The zero-order valence-electron chi connectivity index (χ0n) is 18.6. The van der Waals surface area contributed by atoms with Crippen molar-refractivity contribution in [2.75, 3.05) is 31.9 Å². The quantitative estimate of drug-likeness (QED) is 0.524. The van der Waals surface area contributed by atoms with Gasteiger partial charge in [-0.3, -0.25) is 14.7 Å². The molecule has 7 nitrogen and oxygen atoms in total. The van der Waals surface area contributed by atoms with Gasteiger partial charge in [-0.1, -0.05) is 42.5 Å². The summed E-state index contributed by atoms with van der Waals surface area (Å²) in [6.07, 6.45) is 0. The van der Waals surface area contributed by atoms with E-state index in [2.05, 4.69) is 19.9 Å². The van der Waals surface area contributed by atoms with Crippen LogP contribution in [0.4, 0.5) is 5.82 Å². The Morgan fingerprint density at radius 2 is 1.61 bits per heavy atom. The smallest absolute Gasteiger partial charge is 0.255 e. The summed E-state index contributed by atoms with van der Waals surface area (Å²) in [6, 6.07) is 21.6. The van der Waals surface area contributed by atoms with E-state index in [0.717, 1.165) is 40.9 Å². The topological polar surface area (TPSA) is 88.2 Å². The van der Waals surface area contributed by atoms with Crippen molar-refractivity contribution >= 4 is 22.6 Å². The molecule has 1 amide bonds. The second kappa shape index (κ2) is 8.96. The van der Waals surface area contributed by atoms with Crippen LogP contribution in [0.3, 0.4) is 0 Å². The Bertz CT molecular complexity index is 1300. The number of pyridine rings is 1. The SMILES string of the molecule is Cc1nc(-c2ccccc2)ccc1C(=O)N1CCN(Cc2nc(N)c3ccccc3n2)CC1. The molecule has 7 heteroatoms. The van der Waals surface area contributed by atoms with Crippen molar-refractivity contribution in [1.29, 1.82) is 0 Å². The van der Waals surface area contributed by atoms with Gasteiger partial charge in [-0.2, -0.15) is 0 Å².